The van der Waals surface area contributed by atoms with E-state index in [0.717, 1.165) is 85.5 Å². The van der Waals surface area contributed by atoms with Gasteiger partial charge in [0.2, 0.25) is 0 Å². The molecule has 2 atom stereocenters. The Hall–Kier alpha value is -2.76. The van der Waals surface area contributed by atoms with Crippen LogP contribution in [0.15, 0.2) is 91.8 Å². The van der Waals surface area contributed by atoms with Crippen LogP contribution in [0.4, 0.5) is 0 Å². The van der Waals surface area contributed by atoms with Crippen molar-refractivity contribution in [1.29, 1.82) is 0 Å². The lowest BCUT2D eigenvalue weighted by atomic mass is 9.83. The van der Waals surface area contributed by atoms with Gasteiger partial charge >= 0.3 is 0 Å². The summed E-state index contributed by atoms with van der Waals surface area (Å²) < 4.78 is 0. The van der Waals surface area contributed by atoms with E-state index in [1.807, 2.05) is 14.0 Å². The van der Waals surface area contributed by atoms with Crippen LogP contribution in [0.1, 0.15) is 160 Å². The van der Waals surface area contributed by atoms with Crippen LogP contribution in [0, 0.1) is 17.8 Å². The molecule has 1 N–H and O–H groups in total. The Kier molecular flexibility index (Phi) is 23.1. The van der Waals surface area contributed by atoms with Gasteiger partial charge in [-0.25, -0.2) is 0 Å². The van der Waals surface area contributed by atoms with E-state index in [0.29, 0.717) is 12.0 Å². The normalized spacial score (nSPS) is 19.9. The quantitative estimate of drug-likeness (QED) is 0.0764. The molecular formula is C50H84N4O. The van der Waals surface area contributed by atoms with Gasteiger partial charge in [0.25, 0.3) is 0 Å². The van der Waals surface area contributed by atoms with E-state index in [1.54, 1.807) is 5.57 Å². The summed E-state index contributed by atoms with van der Waals surface area (Å²) >= 11 is 0. The number of hydrogen-bond acceptors (Lipinski definition) is 5. The molecule has 1 heterocycles. The highest BCUT2D eigenvalue weighted by molar-refractivity contribution is 6.12. The molecule has 1 aliphatic heterocycles. The molecule has 0 bridgehead atoms. The van der Waals surface area contributed by atoms with Crippen molar-refractivity contribution in [3.8, 4) is 0 Å². The first-order valence-electron chi connectivity index (χ1n) is 22.2. The second-order valence-corrected chi connectivity index (χ2v) is 16.8. The minimum Gasteiger partial charge on any atom is -0.395 e. The molecule has 0 spiro atoms. The first-order valence-corrected chi connectivity index (χ1v) is 22.2. The SMILES string of the molecule is C=C(C)/C(C)=C/C(=NC)C(=C/C(C)=C1CCC1)/N=C(\C(C)=C/C(=C\C)N1CCC(N(CCO)CCC2CCC2)CC1)C(C)CC.CCC/C=C(/C)C(C)CC. The number of allylic oxidation sites excluding steroid dienone is 11. The van der Waals surface area contributed by atoms with Gasteiger partial charge in [-0.2, -0.15) is 0 Å². The van der Waals surface area contributed by atoms with Crippen LogP contribution in [0.3, 0.4) is 0 Å². The van der Waals surface area contributed by atoms with Crippen LogP contribution < -0.4 is 0 Å². The monoisotopic (exact) mass is 757 g/mol. The summed E-state index contributed by atoms with van der Waals surface area (Å²) in [5.41, 5.74) is 12.1. The minimum absolute atomic E-state index is 0.255. The van der Waals surface area contributed by atoms with E-state index in [1.165, 1.54) is 86.6 Å². The molecule has 3 rings (SSSR count). The molecule has 2 unspecified atom stereocenters. The number of aliphatic hydroxyl groups is 1. The Balaban J connectivity index is 0.000000915. The van der Waals surface area contributed by atoms with Gasteiger partial charge in [0, 0.05) is 44.1 Å². The van der Waals surface area contributed by atoms with Crippen LogP contribution in [-0.2, 0) is 0 Å². The summed E-state index contributed by atoms with van der Waals surface area (Å²) in [5, 5.41) is 9.77. The summed E-state index contributed by atoms with van der Waals surface area (Å²) in [7, 11) is 1.87. The van der Waals surface area contributed by atoms with Crippen molar-refractivity contribution >= 4 is 11.4 Å². The zero-order valence-electron chi connectivity index (χ0n) is 37.9. The summed E-state index contributed by atoms with van der Waals surface area (Å²) in [6.45, 7) is 32.8. The molecule has 0 aromatic rings. The first kappa shape index (κ1) is 48.4. The topological polar surface area (TPSA) is 51.4 Å². The Morgan fingerprint density at radius 2 is 1.55 bits per heavy atom. The van der Waals surface area contributed by atoms with E-state index in [-0.39, 0.29) is 6.61 Å². The third-order valence-electron chi connectivity index (χ3n) is 12.7. The molecule has 1 saturated heterocycles. The maximum absolute atomic E-state index is 9.77. The molecule has 0 radical (unpaired) electrons. The number of hydrogen-bond donors (Lipinski definition) is 1. The lowest BCUT2D eigenvalue weighted by Crippen LogP contribution is -2.46. The Morgan fingerprint density at radius 1 is 0.891 bits per heavy atom. The predicted molar refractivity (Wildman–Crippen MR) is 244 cm³/mol. The van der Waals surface area contributed by atoms with E-state index in [2.05, 4.69) is 116 Å². The van der Waals surface area contributed by atoms with Crippen LogP contribution in [0.5, 0.6) is 0 Å². The number of unbranched alkanes of at least 4 members (excludes halogenated alkanes) is 1. The van der Waals surface area contributed by atoms with E-state index in [9.17, 15) is 5.11 Å². The molecule has 3 aliphatic rings. The zero-order chi connectivity index (χ0) is 40.9. The van der Waals surface area contributed by atoms with Crippen LogP contribution in [0.2, 0.25) is 0 Å². The number of piperidine rings is 1. The van der Waals surface area contributed by atoms with Crippen molar-refractivity contribution in [3.63, 3.8) is 0 Å². The number of likely N-dealkylation sites (tertiary alicyclic amines) is 1. The third-order valence-corrected chi connectivity index (χ3v) is 12.7. The minimum atomic E-state index is 0.255. The average Bonchev–Trinajstić information content (AvgIpc) is 3.14. The van der Waals surface area contributed by atoms with Gasteiger partial charge in [0.1, 0.15) is 0 Å². The van der Waals surface area contributed by atoms with Gasteiger partial charge in [-0.05, 0) is 159 Å². The first-order chi connectivity index (χ1) is 26.3. The summed E-state index contributed by atoms with van der Waals surface area (Å²) in [5.74, 6) is 2.01. The molecule has 3 fully saturated rings. The largest absolute Gasteiger partial charge is 0.395 e. The Bertz CT molecular complexity index is 1430. The lowest BCUT2D eigenvalue weighted by molar-refractivity contribution is 0.0921. The van der Waals surface area contributed by atoms with Crippen molar-refractivity contribution in [2.24, 2.45) is 27.7 Å². The van der Waals surface area contributed by atoms with Gasteiger partial charge in [-0.3, -0.25) is 14.9 Å². The van der Waals surface area contributed by atoms with Crippen LogP contribution in [0.25, 0.3) is 0 Å². The number of aliphatic hydroxyl groups excluding tert-OH is 1. The van der Waals surface area contributed by atoms with Gasteiger partial charge in [0.15, 0.2) is 0 Å². The molecule has 5 nitrogen and oxygen atoms in total. The summed E-state index contributed by atoms with van der Waals surface area (Å²) in [6.07, 6.45) is 27.6. The van der Waals surface area contributed by atoms with Crippen LogP contribution >= 0.6 is 0 Å². The highest BCUT2D eigenvalue weighted by Crippen LogP contribution is 2.32. The smallest absolute Gasteiger partial charge is 0.0887 e. The fourth-order valence-corrected chi connectivity index (χ4v) is 7.48. The number of nitrogens with zero attached hydrogens (tertiary/aromatic N) is 4. The van der Waals surface area contributed by atoms with Gasteiger partial charge in [-0.15, -0.1) is 0 Å². The highest BCUT2D eigenvalue weighted by Gasteiger charge is 2.27. The second kappa shape index (κ2) is 26.2. The average molecular weight is 757 g/mol. The van der Waals surface area contributed by atoms with Crippen molar-refractivity contribution in [2.45, 2.75) is 166 Å². The van der Waals surface area contributed by atoms with Gasteiger partial charge < -0.3 is 10.0 Å². The predicted octanol–water partition coefficient (Wildman–Crippen LogP) is 13.0. The van der Waals surface area contributed by atoms with Gasteiger partial charge in [-0.1, -0.05) is 95.8 Å². The summed E-state index contributed by atoms with van der Waals surface area (Å²) in [6, 6.07) is 0.567. The van der Waals surface area contributed by atoms with Crippen molar-refractivity contribution in [2.75, 3.05) is 39.8 Å². The van der Waals surface area contributed by atoms with Crippen LogP contribution in [-0.4, -0.2) is 72.2 Å². The van der Waals surface area contributed by atoms with E-state index < -0.39 is 0 Å². The lowest BCUT2D eigenvalue weighted by Gasteiger charge is -2.40. The number of rotatable bonds is 20. The van der Waals surface area contributed by atoms with E-state index >= 15 is 0 Å². The molecule has 5 heteroatoms. The Morgan fingerprint density at radius 3 is 2.02 bits per heavy atom. The number of aliphatic imine (C=N–C) groups is 2. The summed E-state index contributed by atoms with van der Waals surface area (Å²) in [4.78, 5) is 15.3. The molecule has 0 amide bonds. The van der Waals surface area contributed by atoms with Crippen molar-refractivity contribution < 1.29 is 5.11 Å². The standard InChI is InChI=1S/C40H64N4O.C10H20/c1-10-30(5)40(42-39(28-32(7)35-16-13-17-35)38(41-9)27-31(6)29(3)4)33(8)26-36(11-2)43-22-19-37(20-23-43)44(24-25-45)21-18-34-14-12-15-34;1-5-7-8-10(4)9(3)6-2/h11,26-28,30,34,37,45H,3,10,12-25H2,1-2,4-9H3;8-9H,5-7H2,1-4H3/b31-27+,33-26-,36-11+,39-28-,41-38?,42-40-;10-8-. The molecule has 0 aromatic heterocycles. The molecule has 310 valence electrons. The molecule has 2 saturated carbocycles. The molecule has 55 heavy (non-hydrogen) atoms. The fraction of sp³-hybridized carbons (Fsp3) is 0.680. The molecule has 2 aliphatic carbocycles. The molecule has 0 aromatic carbocycles. The van der Waals surface area contributed by atoms with E-state index in [4.69, 9.17) is 9.98 Å². The maximum Gasteiger partial charge on any atom is 0.0887 e. The van der Waals surface area contributed by atoms with Crippen molar-refractivity contribution in [1.82, 2.24) is 9.80 Å². The van der Waals surface area contributed by atoms with Gasteiger partial charge in [0.05, 0.1) is 18.0 Å². The van der Waals surface area contributed by atoms with Crippen molar-refractivity contribution in [3.05, 3.63) is 81.8 Å². The zero-order valence-corrected chi connectivity index (χ0v) is 37.9. The highest BCUT2D eigenvalue weighted by atomic mass is 16.3. The second-order valence-electron chi connectivity index (χ2n) is 16.8. The third kappa shape index (κ3) is 16.3. The fourth-order valence-electron chi connectivity index (χ4n) is 7.48. The maximum atomic E-state index is 9.77. The molecular weight excluding hydrogens is 673 g/mol. The Labute approximate surface area is 340 Å².